The summed E-state index contributed by atoms with van der Waals surface area (Å²) in [4.78, 5) is 13.1. The molecular formula is C9H13F3N6O. The Morgan fingerprint density at radius 3 is 2.68 bits per heavy atom. The molecule has 1 aromatic heterocycles. The van der Waals surface area contributed by atoms with Gasteiger partial charge in [-0.25, -0.2) is 5.84 Å². The number of fused-ring (bicyclic) bond motifs is 1. The zero-order valence-corrected chi connectivity index (χ0v) is 10.1. The number of carbonyl (C=O) groups is 1. The van der Waals surface area contributed by atoms with Crippen molar-refractivity contribution in [2.75, 3.05) is 6.54 Å². The smallest absolute Gasteiger partial charge is 0.305 e. The lowest BCUT2D eigenvalue weighted by molar-refractivity contribution is -0.148. The molecule has 0 bridgehead atoms. The second kappa shape index (κ2) is 4.78. The third-order valence-electron chi connectivity index (χ3n) is 3.11. The Kier molecular flexibility index (Phi) is 3.45. The third-order valence-corrected chi connectivity index (χ3v) is 3.11. The molecule has 2 rings (SSSR count). The molecule has 0 radical (unpaired) electrons. The highest BCUT2D eigenvalue weighted by Crippen LogP contribution is 2.29. The maximum Gasteiger partial charge on any atom is 0.451 e. The van der Waals surface area contributed by atoms with Crippen molar-refractivity contribution in [1.29, 1.82) is 0 Å². The molecule has 1 aliphatic rings. The zero-order chi connectivity index (χ0) is 14.2. The van der Waals surface area contributed by atoms with E-state index < -0.39 is 23.9 Å². The molecule has 3 N–H and O–H groups in total. The maximum atomic E-state index is 12.6. The SMILES string of the molecule is CC(C(=O)NN)N1CCn2c(nnc2C(F)(F)F)C1. The van der Waals surface area contributed by atoms with Crippen LogP contribution in [0.5, 0.6) is 0 Å². The van der Waals surface area contributed by atoms with E-state index in [2.05, 4.69) is 10.2 Å². The summed E-state index contributed by atoms with van der Waals surface area (Å²) < 4.78 is 38.9. The van der Waals surface area contributed by atoms with Crippen LogP contribution in [0.25, 0.3) is 0 Å². The molecule has 0 saturated heterocycles. The Morgan fingerprint density at radius 2 is 2.11 bits per heavy atom. The fourth-order valence-electron chi connectivity index (χ4n) is 2.00. The Bertz CT molecular complexity index is 485. The van der Waals surface area contributed by atoms with Crippen LogP contribution in [0.15, 0.2) is 0 Å². The lowest BCUT2D eigenvalue weighted by atomic mass is 10.2. The van der Waals surface area contributed by atoms with E-state index in [9.17, 15) is 18.0 Å². The lowest BCUT2D eigenvalue weighted by Crippen LogP contribution is -2.50. The van der Waals surface area contributed by atoms with Gasteiger partial charge >= 0.3 is 6.18 Å². The van der Waals surface area contributed by atoms with Crippen LogP contribution in [0.2, 0.25) is 0 Å². The lowest BCUT2D eigenvalue weighted by Gasteiger charge is -2.31. The predicted octanol–water partition coefficient (Wildman–Crippen LogP) is -0.509. The van der Waals surface area contributed by atoms with Crippen molar-refractivity contribution in [3.8, 4) is 0 Å². The Hall–Kier alpha value is -1.68. The third kappa shape index (κ3) is 2.54. The van der Waals surface area contributed by atoms with Crippen molar-refractivity contribution in [3.63, 3.8) is 0 Å². The predicted molar refractivity (Wildman–Crippen MR) is 57.2 cm³/mol. The minimum atomic E-state index is -4.52. The van der Waals surface area contributed by atoms with Gasteiger partial charge in [0, 0.05) is 13.1 Å². The quantitative estimate of drug-likeness (QED) is 0.432. The van der Waals surface area contributed by atoms with Crippen LogP contribution in [0.1, 0.15) is 18.6 Å². The van der Waals surface area contributed by atoms with Crippen LogP contribution < -0.4 is 11.3 Å². The minimum absolute atomic E-state index is 0.0827. The van der Waals surface area contributed by atoms with Gasteiger partial charge in [0.25, 0.3) is 5.91 Å². The van der Waals surface area contributed by atoms with Crippen LogP contribution in [0, 0.1) is 0 Å². The van der Waals surface area contributed by atoms with E-state index in [-0.39, 0.29) is 18.9 Å². The first-order valence-electron chi connectivity index (χ1n) is 5.58. The number of hydrazine groups is 1. The molecule has 19 heavy (non-hydrogen) atoms. The average Bonchev–Trinajstić information content (AvgIpc) is 2.79. The summed E-state index contributed by atoms with van der Waals surface area (Å²) in [6, 6.07) is -0.537. The molecular weight excluding hydrogens is 265 g/mol. The van der Waals surface area contributed by atoms with Crippen LogP contribution >= 0.6 is 0 Å². The highest BCUT2D eigenvalue weighted by molar-refractivity contribution is 5.80. The second-order valence-corrected chi connectivity index (χ2v) is 4.24. The topological polar surface area (TPSA) is 89.1 Å². The molecule has 106 valence electrons. The molecule has 7 nitrogen and oxygen atoms in total. The van der Waals surface area contributed by atoms with E-state index in [0.29, 0.717) is 6.54 Å². The zero-order valence-electron chi connectivity index (χ0n) is 10.1. The van der Waals surface area contributed by atoms with Crippen molar-refractivity contribution >= 4 is 5.91 Å². The van der Waals surface area contributed by atoms with E-state index in [1.165, 1.54) is 0 Å². The number of hydrogen-bond donors (Lipinski definition) is 2. The summed E-state index contributed by atoms with van der Waals surface area (Å²) in [6.45, 7) is 2.12. The van der Waals surface area contributed by atoms with Crippen molar-refractivity contribution in [2.24, 2.45) is 5.84 Å². The number of nitrogens with one attached hydrogen (secondary N) is 1. The van der Waals surface area contributed by atoms with Gasteiger partial charge < -0.3 is 4.57 Å². The molecule has 1 unspecified atom stereocenters. The molecule has 1 aromatic rings. The highest BCUT2D eigenvalue weighted by atomic mass is 19.4. The van der Waals surface area contributed by atoms with Gasteiger partial charge in [0.1, 0.15) is 5.82 Å². The molecule has 2 heterocycles. The first-order chi connectivity index (χ1) is 8.84. The summed E-state index contributed by atoms with van der Waals surface area (Å²) in [5.41, 5.74) is 2.01. The molecule has 1 amide bonds. The number of rotatable bonds is 2. The molecule has 0 fully saturated rings. The summed E-state index contributed by atoms with van der Waals surface area (Å²) in [5.74, 6) is 3.82. The number of carbonyl (C=O) groups excluding carboxylic acids is 1. The first-order valence-corrected chi connectivity index (χ1v) is 5.58. The molecule has 0 saturated carbocycles. The Balaban J connectivity index is 2.18. The van der Waals surface area contributed by atoms with E-state index >= 15 is 0 Å². The number of amides is 1. The molecule has 1 atom stereocenters. The van der Waals surface area contributed by atoms with Gasteiger partial charge in [0.05, 0.1) is 12.6 Å². The normalized spacial score (nSPS) is 17.9. The highest BCUT2D eigenvalue weighted by Gasteiger charge is 2.40. The van der Waals surface area contributed by atoms with Crippen molar-refractivity contribution in [2.45, 2.75) is 32.2 Å². The maximum absolute atomic E-state index is 12.6. The number of nitrogens with two attached hydrogens (primary N) is 1. The number of alkyl halides is 3. The first kappa shape index (κ1) is 13.7. The largest absolute Gasteiger partial charge is 0.451 e. The monoisotopic (exact) mass is 278 g/mol. The second-order valence-electron chi connectivity index (χ2n) is 4.24. The van der Waals surface area contributed by atoms with E-state index in [0.717, 1.165) is 4.57 Å². The standard InChI is InChI=1S/C9H13F3N6O/c1-5(7(19)14-13)17-2-3-18-6(4-17)15-16-8(18)9(10,11)12/h5H,2-4,13H2,1H3,(H,14,19). The minimum Gasteiger partial charge on any atom is -0.305 e. The molecule has 0 aliphatic carbocycles. The van der Waals surface area contributed by atoms with Gasteiger partial charge in [-0.15, -0.1) is 10.2 Å². The molecule has 0 spiro atoms. The molecule has 1 aliphatic heterocycles. The Labute approximate surface area is 106 Å². The average molecular weight is 278 g/mol. The van der Waals surface area contributed by atoms with Gasteiger partial charge in [0.15, 0.2) is 0 Å². The molecule has 10 heteroatoms. The van der Waals surface area contributed by atoms with Crippen molar-refractivity contribution < 1.29 is 18.0 Å². The molecule has 0 aromatic carbocycles. The number of aromatic nitrogens is 3. The van der Waals surface area contributed by atoms with E-state index in [1.807, 2.05) is 5.43 Å². The van der Waals surface area contributed by atoms with E-state index in [4.69, 9.17) is 5.84 Å². The van der Waals surface area contributed by atoms with Gasteiger partial charge in [0.2, 0.25) is 5.82 Å². The van der Waals surface area contributed by atoms with Gasteiger partial charge in [-0.2, -0.15) is 13.2 Å². The number of nitrogens with zero attached hydrogens (tertiary/aromatic N) is 4. The van der Waals surface area contributed by atoms with Crippen LogP contribution in [0.4, 0.5) is 13.2 Å². The summed E-state index contributed by atoms with van der Waals surface area (Å²) >= 11 is 0. The van der Waals surface area contributed by atoms with Crippen molar-refractivity contribution in [1.82, 2.24) is 25.1 Å². The Morgan fingerprint density at radius 1 is 1.42 bits per heavy atom. The summed E-state index contributed by atoms with van der Waals surface area (Å²) in [6.07, 6.45) is -4.52. The van der Waals surface area contributed by atoms with Crippen LogP contribution in [-0.2, 0) is 24.1 Å². The fraction of sp³-hybridized carbons (Fsp3) is 0.667. The van der Waals surface area contributed by atoms with Gasteiger partial charge in [-0.3, -0.25) is 15.1 Å². The summed E-state index contributed by atoms with van der Waals surface area (Å²) in [7, 11) is 0. The van der Waals surface area contributed by atoms with Gasteiger partial charge in [-0.1, -0.05) is 0 Å². The van der Waals surface area contributed by atoms with Crippen molar-refractivity contribution in [3.05, 3.63) is 11.6 Å². The van der Waals surface area contributed by atoms with Gasteiger partial charge in [-0.05, 0) is 6.92 Å². The fourth-order valence-corrected chi connectivity index (χ4v) is 2.00. The number of halogens is 3. The van der Waals surface area contributed by atoms with E-state index in [1.54, 1.807) is 11.8 Å². The summed E-state index contributed by atoms with van der Waals surface area (Å²) in [5, 5.41) is 6.69. The van der Waals surface area contributed by atoms with Crippen LogP contribution in [-0.4, -0.2) is 38.2 Å². The van der Waals surface area contributed by atoms with Crippen LogP contribution in [0.3, 0.4) is 0 Å². The number of hydrogen-bond acceptors (Lipinski definition) is 5.